The third-order valence-corrected chi connectivity index (χ3v) is 7.77. The Hall–Kier alpha value is -5.03. The van der Waals surface area contributed by atoms with Gasteiger partial charge >= 0.3 is 102 Å². The van der Waals surface area contributed by atoms with E-state index in [1.54, 1.807) is 0 Å². The molecular formula is C35H40Fe6N5O30. The van der Waals surface area contributed by atoms with Gasteiger partial charge in [-0.3, -0.25) is 24.5 Å². The predicted octanol–water partition coefficient (Wildman–Crippen LogP) is -25.4. The van der Waals surface area contributed by atoms with Gasteiger partial charge in [-0.15, -0.1) is 0 Å². The van der Waals surface area contributed by atoms with Crippen molar-refractivity contribution >= 4 is 89.5 Å². The summed E-state index contributed by atoms with van der Waals surface area (Å²) in [6, 6.07) is -6.64. The van der Waals surface area contributed by atoms with Crippen LogP contribution in [0.25, 0.3) is 0 Å². The molecular weight excluding hydrogens is 1310 g/mol. The van der Waals surface area contributed by atoms with Crippen molar-refractivity contribution < 1.29 is 251 Å². The van der Waals surface area contributed by atoms with Gasteiger partial charge in [0.1, 0.15) is 0 Å². The van der Waals surface area contributed by atoms with E-state index < -0.39 is 185 Å². The van der Waals surface area contributed by atoms with Gasteiger partial charge in [0, 0.05) is 95.7 Å². The number of hydrogen-bond acceptors (Lipinski definition) is 35. The maximum absolute atomic E-state index is 10.3. The summed E-state index contributed by atoms with van der Waals surface area (Å²) < 4.78 is 0. The van der Waals surface area contributed by atoms with E-state index in [9.17, 15) is 149 Å². The average molecular weight is 1350 g/mol. The van der Waals surface area contributed by atoms with Gasteiger partial charge in [-0.1, -0.05) is 0 Å². The minimum absolute atomic E-state index is 0. The van der Waals surface area contributed by atoms with Gasteiger partial charge in [0.15, 0.2) is 0 Å². The van der Waals surface area contributed by atoms with E-state index in [1.807, 2.05) is 0 Å². The summed E-state index contributed by atoms with van der Waals surface area (Å²) >= 11 is 0. The molecule has 0 fully saturated rings. The molecule has 76 heavy (non-hydrogen) atoms. The number of rotatable bonds is 30. The van der Waals surface area contributed by atoms with Crippen molar-refractivity contribution in [3.05, 3.63) is 0 Å². The predicted molar refractivity (Wildman–Crippen MR) is 180 cm³/mol. The Labute approximate surface area is 492 Å². The molecule has 41 heteroatoms. The van der Waals surface area contributed by atoms with Crippen molar-refractivity contribution in [3.63, 3.8) is 0 Å². The number of hydrogen-bond donors (Lipinski definition) is 0. The first kappa shape index (κ1) is 96.6. The monoisotopic (exact) mass is 1350 g/mol. The van der Waals surface area contributed by atoms with E-state index in [0.717, 1.165) is 34.6 Å². The van der Waals surface area contributed by atoms with E-state index in [0.29, 0.717) is 24.5 Å². The van der Waals surface area contributed by atoms with Crippen molar-refractivity contribution in [1.29, 1.82) is 0 Å². The summed E-state index contributed by atoms with van der Waals surface area (Å²) in [6.45, 7) is -2.46. The zero-order chi connectivity index (χ0) is 56.5. The van der Waals surface area contributed by atoms with Crippen LogP contribution in [-0.2, 0) is 174 Å². The van der Waals surface area contributed by atoms with E-state index in [2.05, 4.69) is 0 Å². The third kappa shape index (κ3) is 56.7. The first-order valence-corrected chi connectivity index (χ1v) is 18.4. The molecule has 0 aromatic rings. The Morgan fingerprint density at radius 3 is 0.329 bits per heavy atom. The van der Waals surface area contributed by atoms with Crippen molar-refractivity contribution in [1.82, 2.24) is 24.5 Å². The number of carbonyl (C=O) groups is 15. The van der Waals surface area contributed by atoms with Crippen LogP contribution in [0, 0.1) is 0 Å². The van der Waals surface area contributed by atoms with Crippen LogP contribution < -0.4 is 76.6 Å². The van der Waals surface area contributed by atoms with E-state index in [4.69, 9.17) is 0 Å². The number of carbonyl (C=O) groups excluding carboxylic acids is 15. The van der Waals surface area contributed by atoms with Crippen LogP contribution >= 0.6 is 0 Å². The van der Waals surface area contributed by atoms with Gasteiger partial charge in [-0.05, 0) is 34.6 Å². The van der Waals surface area contributed by atoms with Crippen LogP contribution in [0.1, 0.15) is 34.6 Å². The normalized spacial score (nSPS) is 11.4. The van der Waals surface area contributed by atoms with Crippen molar-refractivity contribution in [3.8, 4) is 0 Å². The standard InChI is InChI=1S/5C7H11NO6.6Fe/c5*1-4(7(13)14)8(2-5(9)10)3-6(11)12;;;;;;/h5*4H,2-3H2,1H3,(H,9,10)(H,11,12)(H,13,14);;;;;;/q;;;;;3*+2;3*+3/p-15/t5*4-;;;;;;/m00000....../s1. The van der Waals surface area contributed by atoms with Crippen LogP contribution in [0.15, 0.2) is 0 Å². The Bertz CT molecular complexity index is 1500. The summed E-state index contributed by atoms with van der Waals surface area (Å²) in [7, 11) is 0. The zero-order valence-electron chi connectivity index (χ0n) is 39.1. The van der Waals surface area contributed by atoms with Crippen LogP contribution in [0.4, 0.5) is 0 Å². The summed E-state index contributed by atoms with van der Waals surface area (Å²) in [5.74, 6) is -23.5. The smallest absolute Gasteiger partial charge is 0.549 e. The number of aliphatic carboxylic acids is 15. The zero-order valence-corrected chi connectivity index (χ0v) is 45.7. The van der Waals surface area contributed by atoms with Gasteiger partial charge < -0.3 is 149 Å². The molecule has 0 aromatic heterocycles. The second kappa shape index (κ2) is 52.0. The SMILES string of the molecule is C[C@@H](C(=O)[O-])N(CC(=O)[O-])CC(=O)[O-].C[C@@H](C(=O)[O-])N(CC(=O)[O-])CC(=O)[O-].C[C@@H](C(=O)[O-])N(CC(=O)[O-])CC(=O)[O-].C[C@@H](C(=O)[O-])N(CC(=O)[O-])CC(=O)[O-].C[C@@H](C(=O)[O-])N(CC(=O)[O-])CC(=O)[O-].[Fe+2].[Fe+2].[Fe+2].[Fe+3].[Fe+3].[Fe+3]. The first-order chi connectivity index (χ1) is 31.7. The summed E-state index contributed by atoms with van der Waals surface area (Å²) in [5.41, 5.74) is 0. The molecule has 0 rings (SSSR count). The van der Waals surface area contributed by atoms with Crippen LogP contribution in [0.5, 0.6) is 0 Å². The van der Waals surface area contributed by atoms with Crippen LogP contribution in [-0.4, -0.2) is 210 Å². The van der Waals surface area contributed by atoms with Gasteiger partial charge in [-0.2, -0.15) is 0 Å². The Morgan fingerprint density at radius 1 is 0.224 bits per heavy atom. The molecule has 0 aliphatic carbocycles. The molecule has 0 aliphatic heterocycles. The van der Waals surface area contributed by atoms with Crippen molar-refractivity contribution in [2.24, 2.45) is 0 Å². The van der Waals surface area contributed by atoms with E-state index >= 15 is 0 Å². The molecule has 0 unspecified atom stereocenters. The second-order valence-corrected chi connectivity index (χ2v) is 13.2. The number of nitrogens with zero attached hydrogens (tertiary/aromatic N) is 5. The Morgan fingerprint density at radius 2 is 0.289 bits per heavy atom. The van der Waals surface area contributed by atoms with Crippen LogP contribution in [0.2, 0.25) is 0 Å². The van der Waals surface area contributed by atoms with Gasteiger partial charge in [-0.25, -0.2) is 0 Å². The number of carboxylic acid groups (broad SMARTS) is 15. The third-order valence-electron chi connectivity index (χ3n) is 7.77. The summed E-state index contributed by atoms with van der Waals surface area (Å²) in [5, 5.41) is 153. The fraction of sp³-hybridized carbons (Fsp3) is 0.571. The fourth-order valence-electron chi connectivity index (χ4n) is 4.05. The molecule has 0 aliphatic rings. The maximum Gasteiger partial charge on any atom is 3.00 e. The largest absolute Gasteiger partial charge is 3.00 e. The molecule has 0 aromatic carbocycles. The fourth-order valence-corrected chi connectivity index (χ4v) is 4.05. The minimum atomic E-state index is -1.57. The Kier molecular flexibility index (Phi) is 66.2. The molecule has 0 heterocycles. The molecule has 0 N–H and O–H groups in total. The van der Waals surface area contributed by atoms with Crippen molar-refractivity contribution in [2.75, 3.05) is 65.4 Å². The quantitative estimate of drug-likeness (QED) is 0.0603. The first-order valence-electron chi connectivity index (χ1n) is 18.4. The van der Waals surface area contributed by atoms with Gasteiger partial charge in [0.05, 0.1) is 89.5 Å². The summed E-state index contributed by atoms with van der Waals surface area (Å²) in [4.78, 5) is 156. The van der Waals surface area contributed by atoms with Gasteiger partial charge in [0.2, 0.25) is 0 Å². The van der Waals surface area contributed by atoms with E-state index in [-0.39, 0.29) is 102 Å². The maximum atomic E-state index is 10.3. The molecule has 3 radical (unpaired) electrons. The van der Waals surface area contributed by atoms with Gasteiger partial charge in [0.25, 0.3) is 0 Å². The minimum Gasteiger partial charge on any atom is -0.549 e. The molecule has 0 spiro atoms. The van der Waals surface area contributed by atoms with Crippen LogP contribution in [0.3, 0.4) is 0 Å². The molecule has 0 amide bonds. The molecule has 5 atom stereocenters. The Balaban J connectivity index is -0.0000000757. The average Bonchev–Trinajstić information content (AvgIpc) is 3.17. The van der Waals surface area contributed by atoms with E-state index in [1.165, 1.54) is 0 Å². The molecule has 433 valence electrons. The molecule has 0 saturated carbocycles. The molecule has 0 saturated heterocycles. The van der Waals surface area contributed by atoms with Crippen molar-refractivity contribution in [2.45, 2.75) is 64.8 Å². The second-order valence-electron chi connectivity index (χ2n) is 13.2. The molecule has 35 nitrogen and oxygen atoms in total. The topological polar surface area (TPSA) is 618 Å². The molecule has 0 bridgehead atoms. The number of carboxylic acids is 15. The summed E-state index contributed by atoms with van der Waals surface area (Å²) in [6.07, 6.45) is 0.